The monoisotopic (exact) mass is 306 g/mol. The molecule has 0 aromatic carbocycles. The smallest absolute Gasteiger partial charge is 0.270 e. The minimum atomic E-state index is -0.189. The van der Waals surface area contributed by atoms with Gasteiger partial charge >= 0.3 is 0 Å². The van der Waals surface area contributed by atoms with E-state index in [4.69, 9.17) is 0 Å². The number of aromatic nitrogens is 2. The van der Waals surface area contributed by atoms with Crippen LogP contribution in [-0.2, 0) is 0 Å². The highest BCUT2D eigenvalue weighted by atomic mass is 16.3. The summed E-state index contributed by atoms with van der Waals surface area (Å²) in [5.74, 6) is 0.712. The van der Waals surface area contributed by atoms with Gasteiger partial charge < -0.3 is 15.7 Å². The number of carbonyl (C=O) groups is 1. The van der Waals surface area contributed by atoms with Crippen molar-refractivity contribution < 1.29 is 9.90 Å². The van der Waals surface area contributed by atoms with E-state index in [9.17, 15) is 9.90 Å². The molecule has 1 fully saturated rings. The molecule has 1 aliphatic rings. The molecule has 1 aliphatic carbocycles. The highest BCUT2D eigenvalue weighted by Gasteiger charge is 2.25. The van der Waals surface area contributed by atoms with E-state index in [1.165, 1.54) is 19.3 Å². The molecular formula is C16H26N4O2. The zero-order valence-electron chi connectivity index (χ0n) is 13.4. The normalized spacial score (nSPS) is 17.0. The zero-order chi connectivity index (χ0) is 15.9. The molecule has 1 aromatic rings. The van der Waals surface area contributed by atoms with Crippen molar-refractivity contribution in [2.75, 3.05) is 19.0 Å². The molecule has 1 saturated carbocycles. The van der Waals surface area contributed by atoms with Gasteiger partial charge in [-0.25, -0.2) is 9.97 Å². The van der Waals surface area contributed by atoms with E-state index in [0.717, 1.165) is 18.5 Å². The Morgan fingerprint density at radius 1 is 1.36 bits per heavy atom. The zero-order valence-corrected chi connectivity index (χ0v) is 13.4. The average molecular weight is 306 g/mol. The Bertz CT molecular complexity index is 501. The molecule has 22 heavy (non-hydrogen) atoms. The van der Waals surface area contributed by atoms with Crippen molar-refractivity contribution in [2.24, 2.45) is 5.92 Å². The summed E-state index contributed by atoms with van der Waals surface area (Å²) in [6.45, 7) is 1.93. The van der Waals surface area contributed by atoms with Crippen LogP contribution in [0.4, 0.5) is 5.95 Å². The Morgan fingerprint density at radius 3 is 2.73 bits per heavy atom. The van der Waals surface area contributed by atoms with Crippen LogP contribution in [0.2, 0.25) is 0 Å². The molecule has 6 heteroatoms. The fraction of sp³-hybridized carbons (Fsp3) is 0.688. The number of aliphatic hydroxyl groups excluding tert-OH is 1. The van der Waals surface area contributed by atoms with Gasteiger partial charge in [-0.3, -0.25) is 4.79 Å². The molecule has 1 heterocycles. The number of carbonyl (C=O) groups excluding carboxylic acids is 1. The maximum atomic E-state index is 12.5. The van der Waals surface area contributed by atoms with Crippen molar-refractivity contribution >= 4 is 11.9 Å². The molecule has 1 atom stereocenters. The Kier molecular flexibility index (Phi) is 6.12. The van der Waals surface area contributed by atoms with Crippen LogP contribution in [0.1, 0.15) is 54.7 Å². The van der Waals surface area contributed by atoms with E-state index in [1.807, 2.05) is 6.92 Å². The van der Waals surface area contributed by atoms with Crippen LogP contribution in [0.5, 0.6) is 0 Å². The second-order valence-corrected chi connectivity index (χ2v) is 5.96. The first-order valence-corrected chi connectivity index (χ1v) is 8.09. The predicted octanol–water partition coefficient (Wildman–Crippen LogP) is 1.89. The van der Waals surface area contributed by atoms with Crippen molar-refractivity contribution in [1.82, 2.24) is 15.3 Å². The van der Waals surface area contributed by atoms with E-state index in [2.05, 4.69) is 20.6 Å². The second-order valence-electron chi connectivity index (χ2n) is 5.96. The summed E-state index contributed by atoms with van der Waals surface area (Å²) in [7, 11) is 1.73. The molecule has 2 rings (SSSR count). The minimum Gasteiger partial charge on any atom is -0.396 e. The first-order valence-electron chi connectivity index (χ1n) is 8.09. The van der Waals surface area contributed by atoms with Crippen LogP contribution in [0.25, 0.3) is 0 Å². The van der Waals surface area contributed by atoms with Gasteiger partial charge in [0.2, 0.25) is 5.95 Å². The van der Waals surface area contributed by atoms with Gasteiger partial charge in [0, 0.05) is 25.4 Å². The standard InChI is InChI=1S/C16H26N4O2/c1-11-10-14(20-16(17-2)18-11)15(22)19-13(8-9-21)12-6-4-3-5-7-12/h10,12-13,21H,3-9H2,1-2H3,(H,19,22)(H,17,18,20). The van der Waals surface area contributed by atoms with Crippen LogP contribution >= 0.6 is 0 Å². The first kappa shape index (κ1) is 16.7. The van der Waals surface area contributed by atoms with Crippen LogP contribution < -0.4 is 10.6 Å². The summed E-state index contributed by atoms with van der Waals surface area (Å²) >= 11 is 0. The SMILES string of the molecule is CNc1nc(C)cc(C(=O)NC(CCO)C2CCCCC2)n1. The Morgan fingerprint density at radius 2 is 2.09 bits per heavy atom. The summed E-state index contributed by atoms with van der Waals surface area (Å²) in [6, 6.07) is 1.71. The van der Waals surface area contributed by atoms with Crippen LogP contribution in [-0.4, -0.2) is 40.7 Å². The Labute approximate surface area is 131 Å². The van der Waals surface area contributed by atoms with Gasteiger partial charge in [0.05, 0.1) is 0 Å². The van der Waals surface area contributed by atoms with Crippen molar-refractivity contribution in [3.63, 3.8) is 0 Å². The third-order valence-corrected chi connectivity index (χ3v) is 4.29. The van der Waals surface area contributed by atoms with Gasteiger partial charge in [0.15, 0.2) is 0 Å². The van der Waals surface area contributed by atoms with Gasteiger partial charge in [0.25, 0.3) is 5.91 Å². The van der Waals surface area contributed by atoms with Gasteiger partial charge in [-0.2, -0.15) is 0 Å². The number of amides is 1. The molecule has 6 nitrogen and oxygen atoms in total. The van der Waals surface area contributed by atoms with Crippen molar-refractivity contribution in [2.45, 2.75) is 51.5 Å². The third-order valence-electron chi connectivity index (χ3n) is 4.29. The summed E-state index contributed by atoms with van der Waals surface area (Å²) in [5, 5.41) is 15.2. The first-order chi connectivity index (χ1) is 10.6. The van der Waals surface area contributed by atoms with E-state index < -0.39 is 0 Å². The van der Waals surface area contributed by atoms with Crippen LogP contribution in [0.3, 0.4) is 0 Å². The lowest BCUT2D eigenvalue weighted by Gasteiger charge is -2.30. The molecule has 0 bridgehead atoms. The minimum absolute atomic E-state index is 0.0195. The largest absolute Gasteiger partial charge is 0.396 e. The Hall–Kier alpha value is -1.69. The molecule has 0 spiro atoms. The molecule has 0 aliphatic heterocycles. The molecule has 122 valence electrons. The highest BCUT2D eigenvalue weighted by Crippen LogP contribution is 2.27. The average Bonchev–Trinajstić information content (AvgIpc) is 2.54. The maximum Gasteiger partial charge on any atom is 0.270 e. The highest BCUT2D eigenvalue weighted by molar-refractivity contribution is 5.92. The summed E-state index contributed by atoms with van der Waals surface area (Å²) in [6.07, 6.45) is 6.52. The van der Waals surface area contributed by atoms with Crippen molar-refractivity contribution in [1.29, 1.82) is 0 Å². The van der Waals surface area contributed by atoms with Gasteiger partial charge in [-0.15, -0.1) is 0 Å². The molecule has 0 radical (unpaired) electrons. The number of hydrogen-bond acceptors (Lipinski definition) is 5. The van der Waals surface area contributed by atoms with Gasteiger partial charge in [0.1, 0.15) is 5.69 Å². The number of anilines is 1. The third kappa shape index (κ3) is 4.40. The molecule has 0 saturated heterocycles. The number of aryl methyl sites for hydroxylation is 1. The molecule has 1 amide bonds. The fourth-order valence-electron chi connectivity index (χ4n) is 3.14. The summed E-state index contributed by atoms with van der Waals surface area (Å²) < 4.78 is 0. The van der Waals surface area contributed by atoms with Crippen LogP contribution in [0.15, 0.2) is 6.07 Å². The number of hydrogen-bond donors (Lipinski definition) is 3. The topological polar surface area (TPSA) is 87.1 Å². The predicted molar refractivity (Wildman–Crippen MR) is 85.8 cm³/mol. The summed E-state index contributed by atoms with van der Waals surface area (Å²) in [4.78, 5) is 20.9. The molecular weight excluding hydrogens is 280 g/mol. The Balaban J connectivity index is 2.08. The molecule has 1 aromatic heterocycles. The number of nitrogens with one attached hydrogen (secondary N) is 2. The number of aliphatic hydroxyl groups is 1. The van der Waals surface area contributed by atoms with E-state index >= 15 is 0 Å². The van der Waals surface area contributed by atoms with E-state index in [0.29, 0.717) is 24.0 Å². The number of nitrogens with zero attached hydrogens (tertiary/aromatic N) is 2. The van der Waals surface area contributed by atoms with Crippen molar-refractivity contribution in [3.05, 3.63) is 17.5 Å². The maximum absolute atomic E-state index is 12.5. The summed E-state index contributed by atoms with van der Waals surface area (Å²) in [5.41, 5.74) is 1.12. The van der Waals surface area contributed by atoms with Crippen LogP contribution in [0, 0.1) is 12.8 Å². The van der Waals surface area contributed by atoms with Crippen molar-refractivity contribution in [3.8, 4) is 0 Å². The van der Waals surface area contributed by atoms with Gasteiger partial charge in [-0.1, -0.05) is 19.3 Å². The lowest BCUT2D eigenvalue weighted by Crippen LogP contribution is -2.42. The van der Waals surface area contributed by atoms with Gasteiger partial charge in [-0.05, 0) is 38.2 Å². The van der Waals surface area contributed by atoms with E-state index in [-0.39, 0.29) is 18.6 Å². The second kappa shape index (κ2) is 8.08. The fourth-order valence-corrected chi connectivity index (χ4v) is 3.14. The lowest BCUT2D eigenvalue weighted by molar-refractivity contribution is 0.0894. The van der Waals surface area contributed by atoms with E-state index in [1.54, 1.807) is 13.1 Å². The lowest BCUT2D eigenvalue weighted by atomic mass is 9.82. The molecule has 1 unspecified atom stereocenters. The molecule has 3 N–H and O–H groups in total. The number of rotatable bonds is 6. The quantitative estimate of drug-likeness (QED) is 0.747.